The minimum Gasteiger partial charge on any atom is -0.549 e. The summed E-state index contributed by atoms with van der Waals surface area (Å²) in [5.74, 6) is 1.30. The first-order valence-corrected chi connectivity index (χ1v) is 8.14. The van der Waals surface area contributed by atoms with Crippen molar-refractivity contribution in [1.82, 2.24) is 5.32 Å². The number of amides is 1. The number of fused-ring (bicyclic) bond motifs is 2. The third-order valence-corrected chi connectivity index (χ3v) is 5.74. The predicted molar refractivity (Wildman–Crippen MR) is 73.5 cm³/mol. The van der Waals surface area contributed by atoms with Gasteiger partial charge in [0, 0.05) is 11.3 Å². The minimum atomic E-state index is -1.11. The maximum atomic E-state index is 11.8. The molecule has 0 aromatic carbocycles. The number of carboxylic acids is 1. The van der Waals surface area contributed by atoms with Crippen molar-refractivity contribution in [2.24, 2.45) is 17.8 Å². The van der Waals surface area contributed by atoms with E-state index in [1.807, 2.05) is 0 Å². The molecule has 2 aliphatic rings. The van der Waals surface area contributed by atoms with E-state index in [-0.39, 0.29) is 17.7 Å². The predicted octanol–water partition coefficient (Wildman–Crippen LogP) is 0.799. The van der Waals surface area contributed by atoms with Gasteiger partial charge in [0.25, 0.3) is 0 Å². The lowest BCUT2D eigenvalue weighted by Crippen LogP contribution is -2.41. The number of rotatable bonds is 6. The molecule has 0 heterocycles. The molecule has 2 fully saturated rings. The highest BCUT2D eigenvalue weighted by atomic mass is 32.2. The highest BCUT2D eigenvalue weighted by Crippen LogP contribution is 2.49. The summed E-state index contributed by atoms with van der Waals surface area (Å²) in [6.07, 6.45) is 5.25. The van der Waals surface area contributed by atoms with Crippen LogP contribution in [0.3, 0.4) is 0 Å². The van der Waals surface area contributed by atoms with Crippen LogP contribution in [0.5, 0.6) is 0 Å². The normalized spacial score (nSPS) is 32.0. The molecule has 5 heteroatoms. The van der Waals surface area contributed by atoms with Gasteiger partial charge in [-0.1, -0.05) is 6.42 Å². The lowest BCUT2D eigenvalue weighted by Gasteiger charge is -2.28. The standard InChI is InChI=1S/C14H23NO3S/c1-8(12-6-10-3-4-11(12)5-10)15-13(16)7-19-9(2)14(17)18/h8-12H,3-7H2,1-2H3,(H,15,16)(H,17,18)/p-1/t8-,9-,10-,11+,12-/m1/s1. The molecular formula is C14H22NO3S-. The first-order chi connectivity index (χ1) is 8.97. The average Bonchev–Trinajstić information content (AvgIpc) is 2.97. The van der Waals surface area contributed by atoms with E-state index in [2.05, 4.69) is 12.2 Å². The summed E-state index contributed by atoms with van der Waals surface area (Å²) in [6, 6.07) is 0.210. The minimum absolute atomic E-state index is 0.0617. The average molecular weight is 284 g/mol. The summed E-state index contributed by atoms with van der Waals surface area (Å²) in [7, 11) is 0. The highest BCUT2D eigenvalue weighted by molar-refractivity contribution is 8.01. The summed E-state index contributed by atoms with van der Waals surface area (Å²) < 4.78 is 0. The Morgan fingerprint density at radius 3 is 2.58 bits per heavy atom. The first-order valence-electron chi connectivity index (χ1n) is 7.09. The van der Waals surface area contributed by atoms with Crippen LogP contribution in [0.1, 0.15) is 39.5 Å². The number of hydrogen-bond acceptors (Lipinski definition) is 4. The molecule has 0 spiro atoms. The second kappa shape index (κ2) is 6.16. The van der Waals surface area contributed by atoms with Gasteiger partial charge in [0.15, 0.2) is 0 Å². The summed E-state index contributed by atoms with van der Waals surface area (Å²) >= 11 is 1.12. The van der Waals surface area contributed by atoms with Gasteiger partial charge in [-0.05, 0) is 50.9 Å². The van der Waals surface area contributed by atoms with Crippen LogP contribution in [-0.4, -0.2) is 28.9 Å². The molecule has 2 bridgehead atoms. The van der Waals surface area contributed by atoms with Crippen LogP contribution >= 0.6 is 11.8 Å². The van der Waals surface area contributed by atoms with E-state index in [1.165, 1.54) is 25.7 Å². The zero-order chi connectivity index (χ0) is 14.0. The number of nitrogens with one attached hydrogen (secondary N) is 1. The van der Waals surface area contributed by atoms with Crippen molar-refractivity contribution in [1.29, 1.82) is 0 Å². The topological polar surface area (TPSA) is 69.2 Å². The van der Waals surface area contributed by atoms with Gasteiger partial charge >= 0.3 is 0 Å². The summed E-state index contributed by atoms with van der Waals surface area (Å²) in [6.45, 7) is 3.63. The number of hydrogen-bond donors (Lipinski definition) is 1. The van der Waals surface area contributed by atoms with E-state index < -0.39 is 11.2 Å². The maximum Gasteiger partial charge on any atom is 0.230 e. The van der Waals surface area contributed by atoms with Crippen molar-refractivity contribution in [2.45, 2.75) is 50.8 Å². The Bertz CT molecular complexity index is 361. The van der Waals surface area contributed by atoms with Gasteiger partial charge in [-0.15, -0.1) is 11.8 Å². The van der Waals surface area contributed by atoms with Gasteiger partial charge in [0.2, 0.25) is 5.91 Å². The van der Waals surface area contributed by atoms with Gasteiger partial charge < -0.3 is 15.2 Å². The van der Waals surface area contributed by atoms with Crippen molar-refractivity contribution >= 4 is 23.6 Å². The van der Waals surface area contributed by atoms with Crippen LogP contribution in [0.25, 0.3) is 0 Å². The van der Waals surface area contributed by atoms with Crippen molar-refractivity contribution in [3.05, 3.63) is 0 Å². The summed E-state index contributed by atoms with van der Waals surface area (Å²) in [4.78, 5) is 22.4. The molecule has 2 aliphatic carbocycles. The fourth-order valence-electron chi connectivity index (χ4n) is 3.58. The third-order valence-electron chi connectivity index (χ3n) is 4.62. The summed E-state index contributed by atoms with van der Waals surface area (Å²) in [5, 5.41) is 13.0. The lowest BCUT2D eigenvalue weighted by atomic mass is 9.84. The highest BCUT2D eigenvalue weighted by Gasteiger charge is 2.42. The number of thioether (sulfide) groups is 1. The molecule has 1 N–H and O–H groups in total. The Hall–Kier alpha value is -0.710. The smallest absolute Gasteiger partial charge is 0.230 e. The molecule has 0 aromatic heterocycles. The number of carboxylic acid groups (broad SMARTS) is 1. The molecule has 0 unspecified atom stereocenters. The van der Waals surface area contributed by atoms with E-state index in [0.29, 0.717) is 5.92 Å². The Labute approximate surface area is 118 Å². The molecule has 1 amide bonds. The zero-order valence-corrected chi connectivity index (χ0v) is 12.4. The fraction of sp³-hybridized carbons (Fsp3) is 0.857. The van der Waals surface area contributed by atoms with E-state index >= 15 is 0 Å². The molecule has 5 atom stereocenters. The van der Waals surface area contributed by atoms with Crippen LogP contribution in [0.4, 0.5) is 0 Å². The van der Waals surface area contributed by atoms with Crippen LogP contribution < -0.4 is 10.4 Å². The number of carbonyl (C=O) groups is 2. The molecule has 2 saturated carbocycles. The molecule has 19 heavy (non-hydrogen) atoms. The number of aliphatic carboxylic acids is 1. The quantitative estimate of drug-likeness (QED) is 0.783. The summed E-state index contributed by atoms with van der Waals surface area (Å²) in [5.41, 5.74) is 0. The van der Waals surface area contributed by atoms with Gasteiger partial charge in [-0.25, -0.2) is 0 Å². The molecule has 0 saturated heterocycles. The van der Waals surface area contributed by atoms with Crippen molar-refractivity contribution in [3.8, 4) is 0 Å². The maximum absolute atomic E-state index is 11.8. The molecule has 0 radical (unpaired) electrons. The molecule has 2 rings (SSSR count). The van der Waals surface area contributed by atoms with E-state index in [1.54, 1.807) is 6.92 Å². The molecule has 108 valence electrons. The SMILES string of the molecule is C[C@@H](SCC(=O)N[C@H](C)[C@H]1C[C@@H]2CC[C@H]1C2)C(=O)[O-]. The Morgan fingerprint density at radius 1 is 1.32 bits per heavy atom. The van der Waals surface area contributed by atoms with E-state index in [4.69, 9.17) is 0 Å². The first kappa shape index (κ1) is 14.7. The van der Waals surface area contributed by atoms with Crippen LogP contribution in [-0.2, 0) is 9.59 Å². The number of carbonyl (C=O) groups excluding carboxylic acids is 2. The Morgan fingerprint density at radius 2 is 2.05 bits per heavy atom. The molecule has 4 nitrogen and oxygen atoms in total. The largest absolute Gasteiger partial charge is 0.549 e. The van der Waals surface area contributed by atoms with E-state index in [9.17, 15) is 14.7 Å². The molecule has 0 aromatic rings. The van der Waals surface area contributed by atoms with Gasteiger partial charge in [-0.3, -0.25) is 4.79 Å². The second-order valence-corrected chi connectivity index (χ2v) is 7.30. The molecule has 0 aliphatic heterocycles. The Balaban J connectivity index is 1.71. The monoisotopic (exact) mass is 284 g/mol. The third kappa shape index (κ3) is 3.65. The van der Waals surface area contributed by atoms with Crippen LogP contribution in [0, 0.1) is 17.8 Å². The molecular weight excluding hydrogens is 262 g/mol. The zero-order valence-electron chi connectivity index (χ0n) is 11.6. The van der Waals surface area contributed by atoms with Gasteiger partial charge in [-0.2, -0.15) is 0 Å². The Kier molecular flexibility index (Phi) is 4.76. The van der Waals surface area contributed by atoms with Gasteiger partial charge in [0.1, 0.15) is 0 Å². The van der Waals surface area contributed by atoms with Crippen LogP contribution in [0.2, 0.25) is 0 Å². The van der Waals surface area contributed by atoms with E-state index in [0.717, 1.165) is 23.6 Å². The van der Waals surface area contributed by atoms with Crippen molar-refractivity contribution in [3.63, 3.8) is 0 Å². The second-order valence-electron chi connectivity index (χ2n) is 5.97. The van der Waals surface area contributed by atoms with Gasteiger partial charge in [0.05, 0.1) is 11.7 Å². The fourth-order valence-corrected chi connectivity index (χ4v) is 4.20. The van der Waals surface area contributed by atoms with Crippen molar-refractivity contribution < 1.29 is 14.7 Å². The van der Waals surface area contributed by atoms with Crippen molar-refractivity contribution in [2.75, 3.05) is 5.75 Å². The van der Waals surface area contributed by atoms with Crippen LogP contribution in [0.15, 0.2) is 0 Å². The lowest BCUT2D eigenvalue weighted by molar-refractivity contribution is -0.304.